The van der Waals surface area contributed by atoms with E-state index in [9.17, 15) is 9.59 Å². The van der Waals surface area contributed by atoms with Crippen molar-refractivity contribution in [1.29, 1.82) is 0 Å². The minimum atomic E-state index is -0.393. The van der Waals surface area contributed by atoms with Crippen molar-refractivity contribution >= 4 is 11.9 Å². The molecule has 0 bridgehead atoms. The summed E-state index contributed by atoms with van der Waals surface area (Å²) >= 11 is 0. The van der Waals surface area contributed by atoms with Crippen LogP contribution in [-0.2, 0) is 32.2 Å². The van der Waals surface area contributed by atoms with Gasteiger partial charge < -0.3 is 15.2 Å². The average molecular weight is 294 g/mol. The Balaban J connectivity index is 2.83. The zero-order chi connectivity index (χ0) is 15.8. The number of nitrogens with zero attached hydrogens (tertiary/aromatic N) is 1. The number of hydrogen-bond donors (Lipinski definition) is 1. The van der Waals surface area contributed by atoms with Crippen molar-refractivity contribution in [2.24, 2.45) is 5.73 Å². The van der Waals surface area contributed by atoms with Crippen molar-refractivity contribution in [1.82, 2.24) is 4.90 Å². The van der Waals surface area contributed by atoms with Gasteiger partial charge in [-0.25, -0.2) is 0 Å². The Hall–Kier alpha value is -1.92. The average Bonchev–Trinajstić information content (AvgIpc) is 2.48. The quantitative estimate of drug-likeness (QED) is 0.742. The van der Waals surface area contributed by atoms with E-state index in [0.717, 1.165) is 16.7 Å². The van der Waals surface area contributed by atoms with E-state index in [-0.39, 0.29) is 13.1 Å². The summed E-state index contributed by atoms with van der Waals surface area (Å²) < 4.78 is 9.30. The van der Waals surface area contributed by atoms with Crippen LogP contribution in [0.5, 0.6) is 0 Å². The highest BCUT2D eigenvalue weighted by molar-refractivity contribution is 5.74. The SMILES string of the molecule is COC(=O)CN(CC(=O)OC)Cc1ccc(CN)cc1C. The molecule has 1 rings (SSSR count). The fraction of sp³-hybridized carbons (Fsp3) is 0.467. The molecule has 1 aromatic carbocycles. The topological polar surface area (TPSA) is 81.9 Å². The van der Waals surface area contributed by atoms with Gasteiger partial charge in [-0.3, -0.25) is 14.5 Å². The maximum atomic E-state index is 11.4. The maximum absolute atomic E-state index is 11.4. The first kappa shape index (κ1) is 17.1. The van der Waals surface area contributed by atoms with E-state index in [4.69, 9.17) is 5.73 Å². The van der Waals surface area contributed by atoms with E-state index in [1.807, 2.05) is 25.1 Å². The van der Waals surface area contributed by atoms with Gasteiger partial charge in [-0.05, 0) is 23.6 Å². The number of esters is 2. The molecule has 0 radical (unpaired) electrons. The Morgan fingerprint density at radius 2 is 1.71 bits per heavy atom. The van der Waals surface area contributed by atoms with E-state index in [1.165, 1.54) is 14.2 Å². The number of rotatable bonds is 7. The van der Waals surface area contributed by atoms with E-state index in [2.05, 4.69) is 9.47 Å². The van der Waals surface area contributed by atoms with Gasteiger partial charge in [0.2, 0.25) is 0 Å². The molecule has 6 nitrogen and oxygen atoms in total. The smallest absolute Gasteiger partial charge is 0.319 e. The Morgan fingerprint density at radius 3 is 2.14 bits per heavy atom. The molecular formula is C15H22N2O4. The lowest BCUT2D eigenvalue weighted by atomic mass is 10.0. The number of aryl methyl sites for hydroxylation is 1. The lowest BCUT2D eigenvalue weighted by Gasteiger charge is -2.21. The summed E-state index contributed by atoms with van der Waals surface area (Å²) in [5.41, 5.74) is 8.75. The molecule has 2 N–H and O–H groups in total. The zero-order valence-corrected chi connectivity index (χ0v) is 12.7. The number of carbonyl (C=O) groups excluding carboxylic acids is 2. The molecule has 6 heteroatoms. The summed E-state index contributed by atoms with van der Waals surface area (Å²) in [6.07, 6.45) is 0. The van der Waals surface area contributed by atoms with Crippen molar-refractivity contribution in [2.75, 3.05) is 27.3 Å². The molecule has 0 saturated carbocycles. The summed E-state index contributed by atoms with van der Waals surface area (Å²) in [4.78, 5) is 24.6. The second-order valence-electron chi connectivity index (χ2n) is 4.76. The number of benzene rings is 1. The van der Waals surface area contributed by atoms with Crippen molar-refractivity contribution in [3.8, 4) is 0 Å². The Bertz CT molecular complexity index is 484. The molecular weight excluding hydrogens is 272 g/mol. The van der Waals surface area contributed by atoms with Crippen LogP contribution in [0.1, 0.15) is 16.7 Å². The van der Waals surface area contributed by atoms with Crippen LogP contribution in [0.15, 0.2) is 18.2 Å². The van der Waals surface area contributed by atoms with Gasteiger partial charge in [-0.2, -0.15) is 0 Å². The summed E-state index contributed by atoms with van der Waals surface area (Å²) in [7, 11) is 2.64. The largest absolute Gasteiger partial charge is 0.468 e. The molecule has 116 valence electrons. The second-order valence-corrected chi connectivity index (χ2v) is 4.76. The van der Waals surface area contributed by atoms with Crippen LogP contribution in [-0.4, -0.2) is 44.1 Å². The molecule has 0 spiro atoms. The highest BCUT2D eigenvalue weighted by Crippen LogP contribution is 2.13. The third-order valence-electron chi connectivity index (χ3n) is 3.20. The lowest BCUT2D eigenvalue weighted by Crippen LogP contribution is -2.35. The fourth-order valence-electron chi connectivity index (χ4n) is 1.97. The molecule has 0 aliphatic carbocycles. The zero-order valence-electron chi connectivity index (χ0n) is 12.7. The van der Waals surface area contributed by atoms with Crippen LogP contribution < -0.4 is 5.73 Å². The fourth-order valence-corrected chi connectivity index (χ4v) is 1.97. The molecule has 0 aliphatic rings. The molecule has 0 fully saturated rings. The van der Waals surface area contributed by atoms with Crippen LogP contribution in [0.3, 0.4) is 0 Å². The number of carbonyl (C=O) groups is 2. The predicted molar refractivity (Wildman–Crippen MR) is 78.4 cm³/mol. The number of ether oxygens (including phenoxy) is 2. The number of methoxy groups -OCH3 is 2. The molecule has 0 saturated heterocycles. The third kappa shape index (κ3) is 5.53. The minimum absolute atomic E-state index is 0.0314. The molecule has 0 aromatic heterocycles. The first-order chi connectivity index (χ1) is 9.99. The minimum Gasteiger partial charge on any atom is -0.468 e. The van der Waals surface area contributed by atoms with E-state index < -0.39 is 11.9 Å². The van der Waals surface area contributed by atoms with Crippen molar-refractivity contribution in [3.05, 3.63) is 34.9 Å². The Morgan fingerprint density at radius 1 is 1.14 bits per heavy atom. The standard InChI is InChI=1S/C15H22N2O4/c1-11-6-12(7-16)4-5-13(11)8-17(9-14(18)20-2)10-15(19)21-3/h4-6H,7-10,16H2,1-3H3. The van der Waals surface area contributed by atoms with Gasteiger partial charge in [0.15, 0.2) is 0 Å². The number of nitrogens with two attached hydrogens (primary N) is 1. The summed E-state index contributed by atoms with van der Waals surface area (Å²) in [5.74, 6) is -0.787. The molecule has 0 aliphatic heterocycles. The monoisotopic (exact) mass is 294 g/mol. The lowest BCUT2D eigenvalue weighted by molar-refractivity contribution is -0.145. The van der Waals surface area contributed by atoms with Gasteiger partial charge in [0.1, 0.15) is 0 Å². The van der Waals surface area contributed by atoms with E-state index >= 15 is 0 Å². The third-order valence-corrected chi connectivity index (χ3v) is 3.20. The first-order valence-corrected chi connectivity index (χ1v) is 6.64. The van der Waals surface area contributed by atoms with Crippen LogP contribution in [0.4, 0.5) is 0 Å². The van der Waals surface area contributed by atoms with Crippen LogP contribution >= 0.6 is 0 Å². The molecule has 21 heavy (non-hydrogen) atoms. The summed E-state index contributed by atoms with van der Waals surface area (Å²) in [6, 6.07) is 5.90. The van der Waals surface area contributed by atoms with Crippen molar-refractivity contribution in [2.45, 2.75) is 20.0 Å². The Labute approximate surface area is 124 Å². The Kier molecular flexibility index (Phi) is 6.84. The molecule has 0 atom stereocenters. The van der Waals surface area contributed by atoms with E-state index in [0.29, 0.717) is 13.1 Å². The second kappa shape index (κ2) is 8.39. The van der Waals surface area contributed by atoms with Gasteiger partial charge in [-0.1, -0.05) is 18.2 Å². The predicted octanol–water partition coefficient (Wildman–Crippen LogP) is 0.602. The van der Waals surface area contributed by atoms with Gasteiger partial charge in [0, 0.05) is 13.1 Å². The molecule has 0 unspecified atom stereocenters. The molecule has 0 heterocycles. The molecule has 0 amide bonds. The van der Waals surface area contributed by atoms with E-state index in [1.54, 1.807) is 4.90 Å². The first-order valence-electron chi connectivity index (χ1n) is 6.64. The van der Waals surface area contributed by atoms with Gasteiger partial charge in [0.25, 0.3) is 0 Å². The van der Waals surface area contributed by atoms with Gasteiger partial charge in [-0.15, -0.1) is 0 Å². The van der Waals surface area contributed by atoms with Crippen molar-refractivity contribution in [3.63, 3.8) is 0 Å². The van der Waals surface area contributed by atoms with Crippen molar-refractivity contribution < 1.29 is 19.1 Å². The maximum Gasteiger partial charge on any atom is 0.319 e. The van der Waals surface area contributed by atoms with Crippen LogP contribution in [0.2, 0.25) is 0 Å². The van der Waals surface area contributed by atoms with Crippen LogP contribution in [0.25, 0.3) is 0 Å². The summed E-state index contributed by atoms with van der Waals surface area (Å²) in [5, 5.41) is 0. The summed E-state index contributed by atoms with van der Waals surface area (Å²) in [6.45, 7) is 2.98. The highest BCUT2D eigenvalue weighted by atomic mass is 16.5. The van der Waals surface area contributed by atoms with Crippen LogP contribution in [0, 0.1) is 6.92 Å². The van der Waals surface area contributed by atoms with Gasteiger partial charge >= 0.3 is 11.9 Å². The normalized spacial score (nSPS) is 10.5. The number of hydrogen-bond acceptors (Lipinski definition) is 6. The molecule has 1 aromatic rings. The highest BCUT2D eigenvalue weighted by Gasteiger charge is 2.16. The van der Waals surface area contributed by atoms with Gasteiger partial charge in [0.05, 0.1) is 27.3 Å².